The Labute approximate surface area is 122 Å². The Hall–Kier alpha value is -2.10. The lowest BCUT2D eigenvalue weighted by molar-refractivity contribution is 0.0967. The van der Waals surface area contributed by atoms with Gasteiger partial charge in [-0.15, -0.1) is 0 Å². The molecule has 1 amide bonds. The van der Waals surface area contributed by atoms with Crippen molar-refractivity contribution in [2.45, 2.75) is 34.6 Å². The first-order valence-corrected chi connectivity index (χ1v) is 7.07. The van der Waals surface area contributed by atoms with Crippen LogP contribution < -0.4 is 10.6 Å². The van der Waals surface area contributed by atoms with Crippen molar-refractivity contribution < 1.29 is 4.79 Å². The molecule has 0 fully saturated rings. The molecule has 0 bridgehead atoms. The molecule has 0 aromatic heterocycles. The van der Waals surface area contributed by atoms with Crippen molar-refractivity contribution in [1.82, 2.24) is 10.6 Å². The van der Waals surface area contributed by atoms with Gasteiger partial charge in [0.15, 0.2) is 0 Å². The summed E-state index contributed by atoms with van der Waals surface area (Å²) in [4.78, 5) is 15.8. The zero-order chi connectivity index (χ0) is 15.4. The summed E-state index contributed by atoms with van der Waals surface area (Å²) >= 11 is 0. The first-order valence-electron chi connectivity index (χ1n) is 7.07. The fraction of sp³-hybridized carbons (Fsp3) is 0.375. The fourth-order valence-electron chi connectivity index (χ4n) is 1.45. The third-order valence-corrected chi connectivity index (χ3v) is 2.21. The minimum absolute atomic E-state index is 0.120. The molecule has 4 heteroatoms. The quantitative estimate of drug-likeness (QED) is 0.870. The van der Waals surface area contributed by atoms with E-state index in [4.69, 9.17) is 0 Å². The van der Waals surface area contributed by atoms with Crippen molar-refractivity contribution in [3.8, 4) is 0 Å². The normalized spacial score (nSPS) is 11.8. The summed E-state index contributed by atoms with van der Waals surface area (Å²) in [5.74, 6) is -0.120. The Morgan fingerprint density at radius 2 is 1.95 bits per heavy atom. The van der Waals surface area contributed by atoms with E-state index in [0.29, 0.717) is 17.9 Å². The number of allylic oxidation sites excluding steroid dienone is 1. The zero-order valence-electron chi connectivity index (χ0n) is 13.0. The molecule has 1 aromatic rings. The third kappa shape index (κ3) is 6.18. The van der Waals surface area contributed by atoms with E-state index in [1.54, 1.807) is 18.5 Å². The fourth-order valence-corrected chi connectivity index (χ4v) is 1.45. The molecule has 1 aliphatic rings. The second-order valence-electron chi connectivity index (χ2n) is 3.60. The van der Waals surface area contributed by atoms with E-state index >= 15 is 0 Å². The molecule has 20 heavy (non-hydrogen) atoms. The second kappa shape index (κ2) is 10.8. The Morgan fingerprint density at radius 1 is 1.25 bits per heavy atom. The number of rotatable bonds is 2. The van der Waals surface area contributed by atoms with Gasteiger partial charge in [-0.1, -0.05) is 45.4 Å². The molecule has 0 radical (unpaired) electrons. The van der Waals surface area contributed by atoms with Gasteiger partial charge in [-0.2, -0.15) is 0 Å². The van der Waals surface area contributed by atoms with Crippen LogP contribution in [0.4, 0.5) is 0 Å². The van der Waals surface area contributed by atoms with Gasteiger partial charge in [-0.05, 0) is 19.1 Å². The first kappa shape index (κ1) is 17.9. The summed E-state index contributed by atoms with van der Waals surface area (Å²) in [7, 11) is 0. The standard InChI is InChI=1S/C12H13N3O.2C2H6/c1-9-3-2-4-10(5-9)12(16)15-11-6-13-8-14-7-11;2*1-2/h2-7,13H,8H2,1H3,(H,15,16);2*1-2H3. The van der Waals surface area contributed by atoms with E-state index in [1.165, 1.54) is 0 Å². The van der Waals surface area contributed by atoms with E-state index in [0.717, 1.165) is 5.56 Å². The lowest BCUT2D eigenvalue weighted by Gasteiger charge is -2.09. The van der Waals surface area contributed by atoms with E-state index in [1.807, 2.05) is 52.8 Å². The molecule has 0 spiro atoms. The smallest absolute Gasteiger partial charge is 0.255 e. The molecule has 2 N–H and O–H groups in total. The number of nitrogens with one attached hydrogen (secondary N) is 2. The predicted molar refractivity (Wildman–Crippen MR) is 85.9 cm³/mol. The van der Waals surface area contributed by atoms with Gasteiger partial charge in [0.1, 0.15) is 6.67 Å². The number of hydrogen-bond acceptors (Lipinski definition) is 3. The third-order valence-electron chi connectivity index (χ3n) is 2.21. The molecule has 0 saturated heterocycles. The number of nitrogens with zero attached hydrogens (tertiary/aromatic N) is 1. The van der Waals surface area contributed by atoms with Crippen LogP contribution in [0.1, 0.15) is 43.6 Å². The van der Waals surface area contributed by atoms with Crippen molar-refractivity contribution in [2.75, 3.05) is 6.67 Å². The van der Waals surface area contributed by atoms with Crippen molar-refractivity contribution in [3.63, 3.8) is 0 Å². The molecule has 0 unspecified atom stereocenters. The van der Waals surface area contributed by atoms with Crippen LogP contribution in [0.5, 0.6) is 0 Å². The highest BCUT2D eigenvalue weighted by Gasteiger charge is 2.07. The topological polar surface area (TPSA) is 53.5 Å². The summed E-state index contributed by atoms with van der Waals surface area (Å²) in [6.45, 7) is 10.5. The summed E-state index contributed by atoms with van der Waals surface area (Å²) in [5.41, 5.74) is 2.40. The van der Waals surface area contributed by atoms with Crippen molar-refractivity contribution in [1.29, 1.82) is 0 Å². The predicted octanol–water partition coefficient (Wildman–Crippen LogP) is 3.25. The van der Waals surface area contributed by atoms with Gasteiger partial charge >= 0.3 is 0 Å². The molecule has 1 aromatic carbocycles. The molecule has 4 nitrogen and oxygen atoms in total. The van der Waals surface area contributed by atoms with Crippen LogP contribution in [-0.2, 0) is 0 Å². The minimum atomic E-state index is -0.120. The highest BCUT2D eigenvalue weighted by atomic mass is 16.1. The maximum absolute atomic E-state index is 11.8. The zero-order valence-corrected chi connectivity index (χ0v) is 13.0. The van der Waals surface area contributed by atoms with Crippen LogP contribution in [0, 0.1) is 6.92 Å². The number of amides is 1. The Morgan fingerprint density at radius 3 is 2.50 bits per heavy atom. The Bertz CT molecular complexity index is 465. The van der Waals surface area contributed by atoms with Crippen LogP contribution in [0.3, 0.4) is 0 Å². The van der Waals surface area contributed by atoms with Gasteiger partial charge in [0.2, 0.25) is 0 Å². The number of hydrogen-bond donors (Lipinski definition) is 2. The van der Waals surface area contributed by atoms with Crippen LogP contribution >= 0.6 is 0 Å². The molecule has 1 aliphatic heterocycles. The van der Waals surface area contributed by atoms with Crippen molar-refractivity contribution >= 4 is 12.1 Å². The van der Waals surface area contributed by atoms with Gasteiger partial charge < -0.3 is 10.6 Å². The average Bonchev–Trinajstić information content (AvgIpc) is 2.52. The van der Waals surface area contributed by atoms with Gasteiger partial charge in [-0.25, -0.2) is 0 Å². The summed E-state index contributed by atoms with van der Waals surface area (Å²) in [5, 5.41) is 5.70. The maximum Gasteiger partial charge on any atom is 0.255 e. The van der Waals surface area contributed by atoms with E-state index in [9.17, 15) is 4.79 Å². The Balaban J connectivity index is 0.000000829. The largest absolute Gasteiger partial charge is 0.371 e. The lowest BCUT2D eigenvalue weighted by atomic mass is 10.1. The molecule has 110 valence electrons. The second-order valence-corrected chi connectivity index (χ2v) is 3.60. The molecule has 0 aliphatic carbocycles. The number of carbonyl (C=O) groups is 1. The number of aliphatic imine (C=N–C) groups is 1. The lowest BCUT2D eigenvalue weighted by Crippen LogP contribution is -2.27. The average molecular weight is 275 g/mol. The van der Waals surface area contributed by atoms with Gasteiger partial charge in [-0.3, -0.25) is 9.79 Å². The van der Waals surface area contributed by atoms with Crippen LogP contribution in [-0.4, -0.2) is 18.8 Å². The van der Waals surface area contributed by atoms with Crippen LogP contribution in [0.25, 0.3) is 0 Å². The van der Waals surface area contributed by atoms with E-state index in [2.05, 4.69) is 15.6 Å². The van der Waals surface area contributed by atoms with Crippen LogP contribution in [0.2, 0.25) is 0 Å². The van der Waals surface area contributed by atoms with Crippen molar-refractivity contribution in [3.05, 3.63) is 47.3 Å². The molecule has 1 heterocycles. The molecule has 2 rings (SSSR count). The molecular formula is C16H25N3O. The molecule has 0 atom stereocenters. The SMILES string of the molecule is CC.CC.Cc1cccc(C(=O)NC2=CNCN=C2)c1. The highest BCUT2D eigenvalue weighted by molar-refractivity contribution is 5.99. The number of benzene rings is 1. The van der Waals surface area contributed by atoms with Gasteiger partial charge in [0.05, 0.1) is 5.70 Å². The van der Waals surface area contributed by atoms with E-state index in [-0.39, 0.29) is 5.91 Å². The monoisotopic (exact) mass is 275 g/mol. The Kier molecular flexibility index (Phi) is 9.66. The molecule has 0 saturated carbocycles. The highest BCUT2D eigenvalue weighted by Crippen LogP contribution is 2.04. The van der Waals surface area contributed by atoms with E-state index < -0.39 is 0 Å². The van der Waals surface area contributed by atoms with Crippen molar-refractivity contribution in [2.24, 2.45) is 4.99 Å². The summed E-state index contributed by atoms with van der Waals surface area (Å²) in [6.07, 6.45) is 3.38. The first-order chi connectivity index (χ1) is 9.75. The van der Waals surface area contributed by atoms with Crippen LogP contribution in [0.15, 0.2) is 41.2 Å². The maximum atomic E-state index is 11.8. The summed E-state index contributed by atoms with van der Waals surface area (Å²) < 4.78 is 0. The molecular weight excluding hydrogens is 250 g/mol. The number of carbonyl (C=O) groups excluding carboxylic acids is 1. The summed E-state index contributed by atoms with van der Waals surface area (Å²) in [6, 6.07) is 7.46. The number of aryl methyl sites for hydroxylation is 1. The minimum Gasteiger partial charge on any atom is -0.371 e. The van der Waals surface area contributed by atoms with Gasteiger partial charge in [0.25, 0.3) is 5.91 Å². The van der Waals surface area contributed by atoms with Gasteiger partial charge in [0, 0.05) is 18.0 Å².